The monoisotopic (exact) mass is 472 g/mol. The number of nitrogens with zero attached hydrogens (tertiary/aromatic N) is 3. The zero-order valence-electron chi connectivity index (χ0n) is 18.3. The zero-order chi connectivity index (χ0) is 24.3. The average molecular weight is 472 g/mol. The van der Waals surface area contributed by atoms with Gasteiger partial charge in [0.25, 0.3) is 0 Å². The highest BCUT2D eigenvalue weighted by atomic mass is 19.2. The maximum atomic E-state index is 13.3. The van der Waals surface area contributed by atoms with Crippen LogP contribution in [0.25, 0.3) is 0 Å². The van der Waals surface area contributed by atoms with Crippen molar-refractivity contribution in [2.24, 2.45) is 5.41 Å². The lowest BCUT2D eigenvalue weighted by Crippen LogP contribution is -2.36. The van der Waals surface area contributed by atoms with E-state index in [0.29, 0.717) is 42.8 Å². The van der Waals surface area contributed by atoms with Crippen LogP contribution >= 0.6 is 0 Å². The van der Waals surface area contributed by atoms with Gasteiger partial charge in [-0.2, -0.15) is 0 Å². The van der Waals surface area contributed by atoms with Gasteiger partial charge in [0, 0.05) is 6.07 Å². The van der Waals surface area contributed by atoms with Crippen LogP contribution in [-0.2, 0) is 11.2 Å². The smallest absolute Gasteiger partial charge is 0.313 e. The molecule has 0 radical (unpaired) electrons. The summed E-state index contributed by atoms with van der Waals surface area (Å²) in [4.78, 5) is 27.9. The van der Waals surface area contributed by atoms with Crippen LogP contribution < -0.4 is 10.1 Å². The van der Waals surface area contributed by atoms with Gasteiger partial charge in [0.1, 0.15) is 6.10 Å². The van der Waals surface area contributed by atoms with E-state index in [4.69, 9.17) is 9.15 Å². The Balaban J connectivity index is 1.30. The quantitative estimate of drug-likeness (QED) is 0.528. The number of hydrogen-bond donors (Lipinski definition) is 2. The molecule has 0 saturated heterocycles. The highest BCUT2D eigenvalue weighted by molar-refractivity contribution is 6.00. The van der Waals surface area contributed by atoms with Crippen molar-refractivity contribution < 1.29 is 32.6 Å². The number of anilines is 1. The van der Waals surface area contributed by atoms with E-state index in [2.05, 4.69) is 20.5 Å². The molecule has 9 nitrogen and oxygen atoms in total. The van der Waals surface area contributed by atoms with Gasteiger partial charge in [0.05, 0.1) is 23.7 Å². The second kappa shape index (κ2) is 9.54. The lowest BCUT2D eigenvalue weighted by atomic mass is 9.75. The van der Waals surface area contributed by atoms with E-state index in [0.717, 1.165) is 12.1 Å². The molecule has 178 valence electrons. The molecule has 1 aliphatic rings. The van der Waals surface area contributed by atoms with Crippen molar-refractivity contribution in [1.82, 2.24) is 15.2 Å². The molecule has 0 bridgehead atoms. The number of aliphatic carboxylic acids is 1. The molecule has 2 aromatic heterocycles. The number of benzene rings is 1. The Bertz CT molecular complexity index is 1190. The second-order valence-electron chi connectivity index (χ2n) is 8.45. The number of nitrogens with one attached hydrogen (secondary N) is 1. The highest BCUT2D eigenvalue weighted by Crippen LogP contribution is 2.37. The van der Waals surface area contributed by atoms with Gasteiger partial charge in [-0.15, -0.1) is 10.2 Å². The maximum Gasteiger partial charge on any atom is 0.313 e. The third-order valence-corrected chi connectivity index (χ3v) is 5.83. The highest BCUT2D eigenvalue weighted by Gasteiger charge is 2.38. The Kier molecular flexibility index (Phi) is 6.53. The molecule has 2 heterocycles. The van der Waals surface area contributed by atoms with E-state index in [1.807, 2.05) is 0 Å². The standard InChI is InChI=1S/C23H22F2N4O5/c1-23(22(31)32)8-6-15(7-9-23)33-18-5-3-14(12-26-18)27-20(30)21-29-28-19(34-21)11-13-2-4-16(24)17(25)10-13/h2-5,10,12,15H,6-9,11H2,1H3,(H,27,30)(H,31,32). The molecule has 11 heteroatoms. The molecule has 1 saturated carbocycles. The molecule has 1 amide bonds. The van der Waals surface area contributed by atoms with Crippen LogP contribution in [0.1, 0.15) is 54.7 Å². The van der Waals surface area contributed by atoms with Gasteiger partial charge in [-0.05, 0) is 56.4 Å². The lowest BCUT2D eigenvalue weighted by molar-refractivity contribution is -0.150. The lowest BCUT2D eigenvalue weighted by Gasteiger charge is -2.33. The Labute approximate surface area is 193 Å². The second-order valence-corrected chi connectivity index (χ2v) is 8.45. The summed E-state index contributed by atoms with van der Waals surface area (Å²) in [6, 6.07) is 6.60. The predicted molar refractivity (Wildman–Crippen MR) is 114 cm³/mol. The van der Waals surface area contributed by atoms with E-state index >= 15 is 0 Å². The molecule has 0 spiro atoms. The number of ether oxygens (including phenoxy) is 1. The summed E-state index contributed by atoms with van der Waals surface area (Å²) in [5.41, 5.74) is 0.0743. The first-order valence-electron chi connectivity index (χ1n) is 10.7. The van der Waals surface area contributed by atoms with Gasteiger partial charge < -0.3 is 19.6 Å². The molecule has 4 rings (SSSR count). The molecule has 1 fully saturated rings. The largest absolute Gasteiger partial charge is 0.481 e. The van der Waals surface area contributed by atoms with Crippen LogP contribution in [0.4, 0.5) is 14.5 Å². The number of carbonyl (C=O) groups is 2. The van der Waals surface area contributed by atoms with E-state index < -0.39 is 28.9 Å². The number of carbonyl (C=O) groups excluding carboxylic acids is 1. The minimum Gasteiger partial charge on any atom is -0.481 e. The van der Waals surface area contributed by atoms with Crippen LogP contribution in [0.3, 0.4) is 0 Å². The van der Waals surface area contributed by atoms with Crippen LogP contribution in [0.15, 0.2) is 40.9 Å². The number of pyridine rings is 1. The predicted octanol–water partition coefficient (Wildman–Crippen LogP) is 4.00. The van der Waals surface area contributed by atoms with Crippen molar-refractivity contribution in [3.8, 4) is 5.88 Å². The van der Waals surface area contributed by atoms with Gasteiger partial charge in [0.2, 0.25) is 11.8 Å². The van der Waals surface area contributed by atoms with E-state index in [-0.39, 0.29) is 24.3 Å². The number of aromatic nitrogens is 3. The first-order valence-corrected chi connectivity index (χ1v) is 10.7. The van der Waals surface area contributed by atoms with Crippen molar-refractivity contribution in [3.05, 3.63) is 65.5 Å². The third kappa shape index (κ3) is 5.36. The van der Waals surface area contributed by atoms with Gasteiger partial charge >= 0.3 is 17.8 Å². The summed E-state index contributed by atoms with van der Waals surface area (Å²) in [5.74, 6) is -3.24. The number of carboxylic acids is 1. The van der Waals surface area contributed by atoms with Gasteiger partial charge in [-0.25, -0.2) is 13.8 Å². The van der Waals surface area contributed by atoms with Crippen LogP contribution in [0, 0.1) is 17.0 Å². The molecule has 1 aromatic carbocycles. The number of hydrogen-bond acceptors (Lipinski definition) is 7. The van der Waals surface area contributed by atoms with Crippen molar-refractivity contribution in [2.75, 3.05) is 5.32 Å². The number of halogens is 2. The van der Waals surface area contributed by atoms with Crippen molar-refractivity contribution >= 4 is 17.6 Å². The summed E-state index contributed by atoms with van der Waals surface area (Å²) < 4.78 is 37.5. The topological polar surface area (TPSA) is 127 Å². The van der Waals surface area contributed by atoms with Gasteiger partial charge in [-0.3, -0.25) is 9.59 Å². The summed E-state index contributed by atoms with van der Waals surface area (Å²) in [7, 11) is 0. The summed E-state index contributed by atoms with van der Waals surface area (Å²) in [6.45, 7) is 1.75. The minimum atomic E-state index is -0.989. The molecule has 0 aliphatic heterocycles. The number of carboxylic acid groups (broad SMARTS) is 1. The Morgan fingerprint density at radius 2 is 1.94 bits per heavy atom. The fourth-order valence-electron chi connectivity index (χ4n) is 3.68. The molecule has 0 atom stereocenters. The summed E-state index contributed by atoms with van der Waals surface area (Å²) >= 11 is 0. The van der Waals surface area contributed by atoms with E-state index in [9.17, 15) is 23.5 Å². The molecule has 0 unspecified atom stereocenters. The fraction of sp³-hybridized carbons (Fsp3) is 0.348. The zero-order valence-corrected chi connectivity index (χ0v) is 18.3. The van der Waals surface area contributed by atoms with Crippen LogP contribution in [-0.4, -0.2) is 38.3 Å². The Hall–Kier alpha value is -3.89. The number of rotatable bonds is 7. The SMILES string of the molecule is CC1(C(=O)O)CCC(Oc2ccc(NC(=O)c3nnc(Cc4ccc(F)c(F)c4)o3)cn2)CC1. The molecule has 34 heavy (non-hydrogen) atoms. The van der Waals surface area contributed by atoms with E-state index in [1.54, 1.807) is 19.1 Å². The third-order valence-electron chi connectivity index (χ3n) is 5.83. The number of amides is 1. The Morgan fingerprint density at radius 3 is 2.59 bits per heavy atom. The average Bonchev–Trinajstić information content (AvgIpc) is 3.28. The van der Waals surface area contributed by atoms with Crippen LogP contribution in [0.5, 0.6) is 5.88 Å². The molecular formula is C23H22F2N4O5. The first-order chi connectivity index (χ1) is 16.2. The molecule has 2 N–H and O–H groups in total. The first kappa shape index (κ1) is 23.3. The van der Waals surface area contributed by atoms with Crippen molar-refractivity contribution in [1.29, 1.82) is 0 Å². The Morgan fingerprint density at radius 1 is 1.18 bits per heavy atom. The van der Waals surface area contributed by atoms with Gasteiger partial charge in [0.15, 0.2) is 11.6 Å². The maximum absolute atomic E-state index is 13.3. The van der Waals surface area contributed by atoms with E-state index in [1.165, 1.54) is 12.3 Å². The minimum absolute atomic E-state index is 0.0395. The summed E-state index contributed by atoms with van der Waals surface area (Å²) in [5, 5.41) is 19.3. The molecule has 1 aliphatic carbocycles. The summed E-state index contributed by atoms with van der Waals surface area (Å²) in [6.07, 6.45) is 3.63. The van der Waals surface area contributed by atoms with Crippen molar-refractivity contribution in [2.45, 2.75) is 45.1 Å². The van der Waals surface area contributed by atoms with Crippen molar-refractivity contribution in [3.63, 3.8) is 0 Å². The molecule has 3 aromatic rings. The normalized spacial score (nSPS) is 20.0. The molecular weight excluding hydrogens is 450 g/mol. The fourth-order valence-corrected chi connectivity index (χ4v) is 3.68. The van der Waals surface area contributed by atoms with Gasteiger partial charge in [-0.1, -0.05) is 6.07 Å². The van der Waals surface area contributed by atoms with Crippen LogP contribution in [0.2, 0.25) is 0 Å².